The fourth-order valence-corrected chi connectivity index (χ4v) is 2.93. The highest BCUT2D eigenvalue weighted by Crippen LogP contribution is 2.41. The molecule has 1 aromatic carbocycles. The van der Waals surface area contributed by atoms with Gasteiger partial charge in [-0.2, -0.15) is 0 Å². The molecule has 0 unspecified atom stereocenters. The monoisotopic (exact) mass is 323 g/mol. The molecule has 3 heteroatoms. The van der Waals surface area contributed by atoms with Gasteiger partial charge < -0.3 is 4.57 Å². The molecule has 0 amide bonds. The number of hydrogen-bond acceptors (Lipinski definition) is 1. The van der Waals surface area contributed by atoms with E-state index in [1.165, 1.54) is 5.46 Å². The summed E-state index contributed by atoms with van der Waals surface area (Å²) in [5.74, 6) is 0. The zero-order valence-electron chi connectivity index (χ0n) is 16.0. The van der Waals surface area contributed by atoms with Crippen molar-refractivity contribution in [3.63, 3.8) is 0 Å². The summed E-state index contributed by atoms with van der Waals surface area (Å²) in [4.78, 5) is 12.2. The second kappa shape index (κ2) is 7.00. The standard InChI is InChI=1S/C21H30BNO/c1-20(2,3)21(4,5)16-22(6)18-12-13-19(24)23(15-18)14-17-10-8-7-9-11-17/h7-13,15H,14,16H2,1-6H3. The molecule has 0 saturated carbocycles. The number of benzene rings is 1. The lowest BCUT2D eigenvalue weighted by atomic mass is 9.39. The van der Waals surface area contributed by atoms with Gasteiger partial charge >= 0.3 is 0 Å². The van der Waals surface area contributed by atoms with Crippen LogP contribution in [0, 0.1) is 10.8 Å². The Hall–Kier alpha value is -1.77. The van der Waals surface area contributed by atoms with E-state index in [0.29, 0.717) is 13.3 Å². The topological polar surface area (TPSA) is 22.0 Å². The minimum Gasteiger partial charge on any atom is -0.312 e. The van der Waals surface area contributed by atoms with Crippen LogP contribution in [0.2, 0.25) is 13.1 Å². The van der Waals surface area contributed by atoms with Gasteiger partial charge in [-0.3, -0.25) is 4.79 Å². The lowest BCUT2D eigenvalue weighted by Crippen LogP contribution is -2.40. The lowest BCUT2D eigenvalue weighted by Gasteiger charge is -2.40. The van der Waals surface area contributed by atoms with Crippen molar-refractivity contribution in [2.24, 2.45) is 10.8 Å². The molecule has 0 spiro atoms. The van der Waals surface area contributed by atoms with E-state index in [1.54, 1.807) is 6.07 Å². The number of pyridine rings is 1. The molecule has 0 bridgehead atoms. The van der Waals surface area contributed by atoms with E-state index in [9.17, 15) is 4.79 Å². The Balaban J connectivity index is 2.23. The highest BCUT2D eigenvalue weighted by molar-refractivity contribution is 6.72. The van der Waals surface area contributed by atoms with Gasteiger partial charge in [0, 0.05) is 12.3 Å². The van der Waals surface area contributed by atoms with Crippen LogP contribution in [-0.2, 0) is 6.54 Å². The first-order valence-electron chi connectivity index (χ1n) is 8.84. The van der Waals surface area contributed by atoms with Gasteiger partial charge in [0.1, 0.15) is 0 Å². The highest BCUT2D eigenvalue weighted by Gasteiger charge is 2.35. The maximum Gasteiger partial charge on any atom is 0.250 e. The third-order valence-corrected chi connectivity index (χ3v) is 5.62. The normalized spacial score (nSPS) is 12.2. The van der Waals surface area contributed by atoms with Gasteiger partial charge in [0.25, 0.3) is 5.56 Å². The van der Waals surface area contributed by atoms with Crippen molar-refractivity contribution in [2.75, 3.05) is 0 Å². The fraction of sp³-hybridized carbons (Fsp3) is 0.476. The molecule has 0 aliphatic carbocycles. The van der Waals surface area contributed by atoms with Crippen molar-refractivity contribution in [1.82, 2.24) is 4.57 Å². The number of rotatable bonds is 5. The van der Waals surface area contributed by atoms with Crippen molar-refractivity contribution >= 4 is 12.2 Å². The zero-order valence-corrected chi connectivity index (χ0v) is 16.0. The van der Waals surface area contributed by atoms with Gasteiger partial charge in [-0.15, -0.1) is 0 Å². The molecule has 2 rings (SSSR count). The number of hydrogen-bond donors (Lipinski definition) is 0. The second-order valence-corrected chi connectivity index (χ2v) is 8.65. The van der Waals surface area contributed by atoms with E-state index in [0.717, 1.165) is 11.9 Å². The molecule has 2 aromatic rings. The summed E-state index contributed by atoms with van der Waals surface area (Å²) >= 11 is 0. The van der Waals surface area contributed by atoms with Gasteiger partial charge in [0.2, 0.25) is 0 Å². The van der Waals surface area contributed by atoms with Crippen LogP contribution in [0.1, 0.15) is 40.2 Å². The quantitative estimate of drug-likeness (QED) is 0.752. The molecule has 2 nitrogen and oxygen atoms in total. The summed E-state index contributed by atoms with van der Waals surface area (Å²) in [5, 5.41) is 0. The van der Waals surface area contributed by atoms with Gasteiger partial charge in [-0.1, -0.05) is 89.6 Å². The molecule has 0 aliphatic rings. The summed E-state index contributed by atoms with van der Waals surface area (Å²) < 4.78 is 1.82. The molecule has 0 radical (unpaired) electrons. The minimum absolute atomic E-state index is 0.0601. The average Bonchev–Trinajstić information content (AvgIpc) is 2.49. The molecule has 1 aromatic heterocycles. The SMILES string of the molecule is CB(CC(C)(C)C(C)(C)C)c1ccc(=O)n(Cc2ccccc2)c1. The average molecular weight is 323 g/mol. The molecule has 128 valence electrons. The van der Waals surface area contributed by atoms with Crippen molar-refractivity contribution in [2.45, 2.75) is 54.3 Å². The van der Waals surface area contributed by atoms with E-state index in [1.807, 2.05) is 35.0 Å². The molecule has 0 N–H and O–H groups in total. The Morgan fingerprint density at radius 2 is 1.58 bits per heavy atom. The van der Waals surface area contributed by atoms with Crippen LogP contribution in [0.3, 0.4) is 0 Å². The van der Waals surface area contributed by atoms with Gasteiger partial charge in [-0.25, -0.2) is 0 Å². The molecule has 0 atom stereocenters. The van der Waals surface area contributed by atoms with Gasteiger partial charge in [0.05, 0.1) is 6.54 Å². The number of nitrogens with zero attached hydrogens (tertiary/aromatic N) is 1. The van der Waals surface area contributed by atoms with Crippen LogP contribution in [0.15, 0.2) is 53.5 Å². The first-order chi connectivity index (χ1) is 11.1. The molecular weight excluding hydrogens is 293 g/mol. The molecule has 0 saturated heterocycles. The van der Waals surface area contributed by atoms with E-state index < -0.39 is 0 Å². The first-order valence-corrected chi connectivity index (χ1v) is 8.84. The molecule has 1 heterocycles. The van der Waals surface area contributed by atoms with Crippen LogP contribution in [0.5, 0.6) is 0 Å². The third kappa shape index (κ3) is 4.40. The van der Waals surface area contributed by atoms with Gasteiger partial charge in [-0.05, 0) is 16.4 Å². The van der Waals surface area contributed by atoms with Crippen LogP contribution in [0.4, 0.5) is 0 Å². The maximum atomic E-state index is 12.2. The van der Waals surface area contributed by atoms with Crippen LogP contribution >= 0.6 is 0 Å². The van der Waals surface area contributed by atoms with Crippen LogP contribution in [-0.4, -0.2) is 11.3 Å². The third-order valence-electron chi connectivity index (χ3n) is 5.62. The smallest absolute Gasteiger partial charge is 0.250 e. The minimum atomic E-state index is 0.0601. The Morgan fingerprint density at radius 3 is 2.17 bits per heavy atom. The molecule has 0 aliphatic heterocycles. The second-order valence-electron chi connectivity index (χ2n) is 8.65. The summed E-state index contributed by atoms with van der Waals surface area (Å²) in [6.45, 7) is 14.9. The predicted octanol–water partition coefficient (Wildman–Crippen LogP) is 4.30. The fourth-order valence-electron chi connectivity index (χ4n) is 2.93. The first kappa shape index (κ1) is 18.6. The van der Waals surface area contributed by atoms with Crippen molar-refractivity contribution in [3.8, 4) is 0 Å². The Morgan fingerprint density at radius 1 is 0.958 bits per heavy atom. The summed E-state index contributed by atoms with van der Waals surface area (Å²) in [6, 6.07) is 13.8. The van der Waals surface area contributed by atoms with E-state index in [4.69, 9.17) is 0 Å². The summed E-state index contributed by atoms with van der Waals surface area (Å²) in [6.07, 6.45) is 3.14. The van der Waals surface area contributed by atoms with Gasteiger partial charge in [0.15, 0.2) is 6.71 Å². The van der Waals surface area contributed by atoms with E-state index in [2.05, 4.69) is 53.6 Å². The number of aromatic nitrogens is 1. The lowest BCUT2D eigenvalue weighted by molar-refractivity contribution is 0.156. The van der Waals surface area contributed by atoms with Crippen molar-refractivity contribution in [1.29, 1.82) is 0 Å². The molecule has 0 fully saturated rings. The maximum absolute atomic E-state index is 12.2. The van der Waals surface area contributed by atoms with Crippen LogP contribution < -0.4 is 11.0 Å². The largest absolute Gasteiger partial charge is 0.312 e. The summed E-state index contributed by atoms with van der Waals surface area (Å²) in [5.41, 5.74) is 2.93. The molecular formula is C21H30BNO. The zero-order chi connectivity index (χ0) is 18.0. The van der Waals surface area contributed by atoms with Crippen molar-refractivity contribution < 1.29 is 0 Å². The van der Waals surface area contributed by atoms with Crippen LogP contribution in [0.25, 0.3) is 0 Å². The van der Waals surface area contributed by atoms with E-state index >= 15 is 0 Å². The predicted molar refractivity (Wildman–Crippen MR) is 106 cm³/mol. The Kier molecular flexibility index (Phi) is 5.42. The van der Waals surface area contributed by atoms with E-state index in [-0.39, 0.29) is 16.4 Å². The highest BCUT2D eigenvalue weighted by atomic mass is 16.1. The Labute approximate surface area is 147 Å². The van der Waals surface area contributed by atoms with Crippen molar-refractivity contribution in [3.05, 3.63) is 64.6 Å². The Bertz CT molecular complexity index is 725. The summed E-state index contributed by atoms with van der Waals surface area (Å²) in [7, 11) is 0. The molecule has 24 heavy (non-hydrogen) atoms.